The molecule has 0 unspecified atom stereocenters. The number of aryl methyl sites for hydroxylation is 2. The molecule has 0 atom stereocenters. The van der Waals surface area contributed by atoms with E-state index in [9.17, 15) is 8.42 Å². The van der Waals surface area contributed by atoms with Gasteiger partial charge in [0.05, 0.1) is 4.90 Å². The zero-order valence-electron chi connectivity index (χ0n) is 15.1. The summed E-state index contributed by atoms with van der Waals surface area (Å²) >= 11 is 0. The van der Waals surface area contributed by atoms with Gasteiger partial charge in [0.25, 0.3) is 10.0 Å². The van der Waals surface area contributed by atoms with Gasteiger partial charge in [-0.05, 0) is 43.3 Å². The molecule has 0 amide bonds. The van der Waals surface area contributed by atoms with Gasteiger partial charge in [0.15, 0.2) is 5.89 Å². The van der Waals surface area contributed by atoms with Gasteiger partial charge in [-0.25, -0.2) is 13.4 Å². The van der Waals surface area contributed by atoms with E-state index in [1.165, 1.54) is 0 Å². The fourth-order valence-electron chi connectivity index (χ4n) is 2.63. The van der Waals surface area contributed by atoms with Crippen molar-refractivity contribution in [2.45, 2.75) is 18.7 Å². The van der Waals surface area contributed by atoms with E-state index in [2.05, 4.69) is 9.71 Å². The van der Waals surface area contributed by atoms with Crippen molar-refractivity contribution < 1.29 is 12.8 Å². The Hall–Kier alpha value is -2.80. The highest BCUT2D eigenvalue weighted by molar-refractivity contribution is 7.92. The summed E-state index contributed by atoms with van der Waals surface area (Å²) in [7, 11) is 0.201. The predicted molar refractivity (Wildman–Crippen MR) is 103 cm³/mol. The summed E-state index contributed by atoms with van der Waals surface area (Å²) in [6.45, 7) is 3.61. The fraction of sp³-hybridized carbons (Fsp3) is 0.211. The molecule has 1 aromatic heterocycles. The van der Waals surface area contributed by atoms with Crippen LogP contribution in [0.4, 0.5) is 11.4 Å². The van der Waals surface area contributed by atoms with Gasteiger partial charge < -0.3 is 9.32 Å². The van der Waals surface area contributed by atoms with Gasteiger partial charge in [-0.3, -0.25) is 4.72 Å². The van der Waals surface area contributed by atoms with Crippen LogP contribution in [-0.4, -0.2) is 27.5 Å². The van der Waals surface area contributed by atoms with Gasteiger partial charge in [-0.2, -0.15) is 0 Å². The third-order valence-electron chi connectivity index (χ3n) is 3.98. The van der Waals surface area contributed by atoms with Crippen molar-refractivity contribution in [3.63, 3.8) is 0 Å². The zero-order valence-corrected chi connectivity index (χ0v) is 16.0. The van der Waals surface area contributed by atoms with Gasteiger partial charge in [0, 0.05) is 38.0 Å². The SMILES string of the molecule is Cc1nc(-c2ccc(S(=O)(=O)Nc3ccc(N(C)C)cc3)cc2)c(C)o1. The minimum Gasteiger partial charge on any atom is -0.446 e. The minimum atomic E-state index is -3.66. The second-order valence-electron chi connectivity index (χ2n) is 6.21. The number of oxazole rings is 1. The largest absolute Gasteiger partial charge is 0.446 e. The first kappa shape index (κ1) is 18.0. The Kier molecular flexibility index (Phi) is 4.73. The van der Waals surface area contributed by atoms with E-state index in [0.717, 1.165) is 16.9 Å². The Labute approximate surface area is 153 Å². The second-order valence-corrected chi connectivity index (χ2v) is 7.89. The summed E-state index contributed by atoms with van der Waals surface area (Å²) in [5.74, 6) is 1.29. The molecular weight excluding hydrogens is 350 g/mol. The Bertz CT molecular complexity index is 1010. The number of nitrogens with zero attached hydrogens (tertiary/aromatic N) is 2. The number of rotatable bonds is 5. The highest BCUT2D eigenvalue weighted by Gasteiger charge is 2.16. The lowest BCUT2D eigenvalue weighted by Crippen LogP contribution is -2.13. The monoisotopic (exact) mass is 371 g/mol. The lowest BCUT2D eigenvalue weighted by molar-refractivity contribution is 0.495. The van der Waals surface area contributed by atoms with E-state index >= 15 is 0 Å². The summed E-state index contributed by atoms with van der Waals surface area (Å²) in [6, 6.07) is 13.8. The molecule has 0 aliphatic rings. The standard InChI is InChI=1S/C19H21N3O3S/c1-13-19(20-14(2)25-13)15-5-11-18(12-6-15)26(23,24)21-16-7-9-17(10-8-16)22(3)4/h5-12,21H,1-4H3. The number of benzene rings is 2. The van der Waals surface area contributed by atoms with Crippen LogP contribution in [-0.2, 0) is 10.0 Å². The van der Waals surface area contributed by atoms with Crippen LogP contribution in [0.3, 0.4) is 0 Å². The van der Waals surface area contributed by atoms with Crippen molar-refractivity contribution in [2.24, 2.45) is 0 Å². The quantitative estimate of drug-likeness (QED) is 0.738. The molecule has 3 rings (SSSR count). The molecule has 1 heterocycles. The zero-order chi connectivity index (χ0) is 18.9. The van der Waals surface area contributed by atoms with E-state index in [0.29, 0.717) is 17.3 Å². The molecule has 0 aliphatic carbocycles. The second kappa shape index (κ2) is 6.84. The van der Waals surface area contributed by atoms with E-state index < -0.39 is 10.0 Å². The van der Waals surface area contributed by atoms with Crippen LogP contribution >= 0.6 is 0 Å². The average molecular weight is 371 g/mol. The lowest BCUT2D eigenvalue weighted by atomic mass is 10.1. The molecule has 1 N–H and O–H groups in total. The molecule has 3 aromatic rings. The van der Waals surface area contributed by atoms with Crippen LogP contribution in [0.5, 0.6) is 0 Å². The minimum absolute atomic E-state index is 0.191. The Morgan fingerprint density at radius 3 is 2.08 bits per heavy atom. The number of aromatic nitrogens is 1. The smallest absolute Gasteiger partial charge is 0.261 e. The third-order valence-corrected chi connectivity index (χ3v) is 5.37. The van der Waals surface area contributed by atoms with Crippen molar-refractivity contribution in [2.75, 3.05) is 23.7 Å². The number of hydrogen-bond acceptors (Lipinski definition) is 5. The number of nitrogens with one attached hydrogen (secondary N) is 1. The Morgan fingerprint density at radius 2 is 1.58 bits per heavy atom. The van der Waals surface area contributed by atoms with Gasteiger partial charge in [0.1, 0.15) is 11.5 Å². The predicted octanol–water partition coefficient (Wildman–Crippen LogP) is 3.83. The Balaban J connectivity index is 1.82. The molecule has 6 nitrogen and oxygen atoms in total. The number of sulfonamides is 1. The van der Waals surface area contributed by atoms with Gasteiger partial charge in [0.2, 0.25) is 0 Å². The molecule has 136 valence electrons. The van der Waals surface area contributed by atoms with Crippen molar-refractivity contribution in [1.29, 1.82) is 0 Å². The van der Waals surface area contributed by atoms with Gasteiger partial charge in [-0.15, -0.1) is 0 Å². The first-order chi connectivity index (χ1) is 12.3. The topological polar surface area (TPSA) is 75.4 Å². The van der Waals surface area contributed by atoms with E-state index in [1.54, 1.807) is 43.3 Å². The van der Waals surface area contributed by atoms with Crippen molar-refractivity contribution in [3.05, 3.63) is 60.2 Å². The van der Waals surface area contributed by atoms with Crippen molar-refractivity contribution >= 4 is 21.4 Å². The molecular formula is C19H21N3O3S. The highest BCUT2D eigenvalue weighted by Crippen LogP contribution is 2.25. The van der Waals surface area contributed by atoms with Crippen LogP contribution in [0.25, 0.3) is 11.3 Å². The van der Waals surface area contributed by atoms with Crippen LogP contribution in [0.15, 0.2) is 57.8 Å². The average Bonchev–Trinajstić information content (AvgIpc) is 2.93. The molecule has 0 radical (unpaired) electrons. The van der Waals surface area contributed by atoms with Crippen LogP contribution in [0.2, 0.25) is 0 Å². The molecule has 0 saturated heterocycles. The van der Waals surface area contributed by atoms with Gasteiger partial charge in [-0.1, -0.05) is 12.1 Å². The molecule has 0 spiro atoms. The Morgan fingerprint density at radius 1 is 0.962 bits per heavy atom. The summed E-state index contributed by atoms with van der Waals surface area (Å²) in [4.78, 5) is 6.47. The van der Waals surface area contributed by atoms with Crippen LogP contribution in [0, 0.1) is 13.8 Å². The molecule has 0 saturated carbocycles. The molecule has 0 fully saturated rings. The maximum atomic E-state index is 12.6. The van der Waals surface area contributed by atoms with E-state index in [1.807, 2.05) is 38.1 Å². The van der Waals surface area contributed by atoms with Crippen molar-refractivity contribution in [1.82, 2.24) is 4.98 Å². The maximum Gasteiger partial charge on any atom is 0.261 e. The molecule has 7 heteroatoms. The molecule has 2 aromatic carbocycles. The van der Waals surface area contributed by atoms with Gasteiger partial charge >= 0.3 is 0 Å². The first-order valence-electron chi connectivity index (χ1n) is 8.11. The van der Waals surface area contributed by atoms with Crippen LogP contribution in [0.1, 0.15) is 11.7 Å². The molecule has 0 aliphatic heterocycles. The van der Waals surface area contributed by atoms with Crippen molar-refractivity contribution in [3.8, 4) is 11.3 Å². The summed E-state index contributed by atoms with van der Waals surface area (Å²) in [5.41, 5.74) is 3.05. The molecule has 26 heavy (non-hydrogen) atoms. The number of anilines is 2. The highest BCUT2D eigenvalue weighted by atomic mass is 32.2. The van der Waals surface area contributed by atoms with E-state index in [4.69, 9.17) is 4.42 Å². The third kappa shape index (κ3) is 3.72. The number of hydrogen-bond donors (Lipinski definition) is 1. The molecule has 0 bridgehead atoms. The first-order valence-corrected chi connectivity index (χ1v) is 9.59. The maximum absolute atomic E-state index is 12.6. The summed E-state index contributed by atoms with van der Waals surface area (Å²) in [5, 5.41) is 0. The lowest BCUT2D eigenvalue weighted by Gasteiger charge is -2.13. The van der Waals surface area contributed by atoms with Crippen LogP contribution < -0.4 is 9.62 Å². The fourth-order valence-corrected chi connectivity index (χ4v) is 3.69. The summed E-state index contributed by atoms with van der Waals surface area (Å²) in [6.07, 6.45) is 0. The summed E-state index contributed by atoms with van der Waals surface area (Å²) < 4.78 is 33.2. The normalized spacial score (nSPS) is 11.4. The van der Waals surface area contributed by atoms with E-state index in [-0.39, 0.29) is 4.90 Å².